The highest BCUT2D eigenvalue weighted by atomic mass is 35.5. The Kier molecular flexibility index (Phi) is 50.3. The molecule has 0 spiro atoms. The van der Waals surface area contributed by atoms with Gasteiger partial charge in [-0.15, -0.1) is 12.4 Å². The van der Waals surface area contributed by atoms with E-state index in [9.17, 15) is 0 Å². The Morgan fingerprint density at radius 3 is 0.815 bits per heavy atom. The quantitative estimate of drug-likeness (QED) is 0.0494. The first-order chi connectivity index (χ1) is 26.2. The monoisotopic (exact) mass is 781 g/mol. The highest BCUT2D eigenvalue weighted by Gasteiger charge is 2.13. The number of nitrogens with one attached hydrogen (secondary N) is 1. The molecule has 1 N–H and O–H groups in total. The lowest BCUT2D eigenvalue weighted by Gasteiger charge is -2.25. The summed E-state index contributed by atoms with van der Waals surface area (Å²) in [4.78, 5) is 9.98. The van der Waals surface area contributed by atoms with Gasteiger partial charge in [-0.05, 0) is 96.6 Å². The SMILES string of the molecule is CCCCCCCCCCN(CCCCCCCCCC)CCCC(CCCN(CCCCCCCCCC)CCCCCCCCCC)CN=C=N.Cl. The molecule has 0 fully saturated rings. The summed E-state index contributed by atoms with van der Waals surface area (Å²) in [5.74, 6) is 0.606. The van der Waals surface area contributed by atoms with Crippen LogP contribution in [0.25, 0.3) is 0 Å². The van der Waals surface area contributed by atoms with E-state index >= 15 is 0 Å². The minimum atomic E-state index is 0. The van der Waals surface area contributed by atoms with Crippen molar-refractivity contribution in [3.05, 3.63) is 0 Å². The molecule has 0 saturated carbocycles. The molecule has 324 valence electrons. The standard InChI is InChI=1S/C49H100N4.ClH/c1-5-9-13-17-21-25-29-33-41-52(42-34-30-26-22-18-14-10-6-2)45-37-39-49(47-51-48-50)40-38-46-53(43-35-31-27-23-19-15-11-7-3)44-36-32-28-24-20-16-12-8-4;/h49-50H,5-47H2,1-4H3;1H. The number of unbranched alkanes of at least 4 members (excludes halogenated alkanes) is 28. The van der Waals surface area contributed by atoms with Crippen molar-refractivity contribution in [3.8, 4) is 0 Å². The van der Waals surface area contributed by atoms with E-state index in [1.807, 2.05) is 0 Å². The van der Waals surface area contributed by atoms with E-state index in [2.05, 4.69) is 48.5 Å². The van der Waals surface area contributed by atoms with Crippen molar-refractivity contribution in [1.29, 1.82) is 5.41 Å². The van der Waals surface area contributed by atoms with Gasteiger partial charge in [0.2, 0.25) is 0 Å². The second kappa shape index (κ2) is 48.7. The number of halogens is 1. The third-order valence-electron chi connectivity index (χ3n) is 11.9. The summed E-state index contributed by atoms with van der Waals surface area (Å²) in [7, 11) is 0. The lowest BCUT2D eigenvalue weighted by Crippen LogP contribution is -2.28. The molecule has 0 aliphatic carbocycles. The average molecular weight is 782 g/mol. The Bertz CT molecular complexity index is 636. The first-order valence-electron chi connectivity index (χ1n) is 24.7. The van der Waals surface area contributed by atoms with Crippen molar-refractivity contribution in [2.24, 2.45) is 10.9 Å². The molecule has 5 heteroatoms. The van der Waals surface area contributed by atoms with Crippen LogP contribution >= 0.6 is 12.4 Å². The van der Waals surface area contributed by atoms with Crippen LogP contribution in [0.4, 0.5) is 0 Å². The van der Waals surface area contributed by atoms with Crippen LogP contribution in [0.5, 0.6) is 0 Å². The number of rotatable bonds is 46. The lowest BCUT2D eigenvalue weighted by molar-refractivity contribution is 0.236. The zero-order chi connectivity index (χ0) is 38.6. The summed E-state index contributed by atoms with van der Waals surface area (Å²) in [6, 6.07) is 2.37. The van der Waals surface area contributed by atoms with Crippen LogP contribution in [0.1, 0.15) is 259 Å². The van der Waals surface area contributed by atoms with Gasteiger partial charge in [-0.2, -0.15) is 0 Å². The smallest absolute Gasteiger partial charge is 0.0862 e. The number of hydrogen-bond acceptors (Lipinski definition) is 4. The van der Waals surface area contributed by atoms with Crippen LogP contribution in [0.15, 0.2) is 4.99 Å². The molecular weight excluding hydrogens is 680 g/mol. The Labute approximate surface area is 348 Å². The minimum Gasteiger partial charge on any atom is -0.303 e. The molecule has 0 aliphatic heterocycles. The molecule has 0 rings (SSSR count). The van der Waals surface area contributed by atoms with E-state index < -0.39 is 0 Å². The molecule has 4 nitrogen and oxygen atoms in total. The highest BCUT2D eigenvalue weighted by Crippen LogP contribution is 2.18. The fraction of sp³-hybridized carbons (Fsp3) is 0.980. The predicted molar refractivity (Wildman–Crippen MR) is 248 cm³/mol. The zero-order valence-electron chi connectivity index (χ0n) is 37.7. The van der Waals surface area contributed by atoms with Gasteiger partial charge in [0, 0.05) is 0 Å². The fourth-order valence-electron chi connectivity index (χ4n) is 8.26. The lowest BCUT2D eigenvalue weighted by atomic mass is 9.97. The van der Waals surface area contributed by atoms with Crippen LogP contribution < -0.4 is 0 Å². The van der Waals surface area contributed by atoms with Crippen LogP contribution in [0, 0.1) is 11.3 Å². The Hall–Kier alpha value is -0.410. The molecule has 0 unspecified atom stereocenters. The number of hydrogen-bond donors (Lipinski definition) is 1. The highest BCUT2D eigenvalue weighted by molar-refractivity contribution is 5.85. The van der Waals surface area contributed by atoms with Crippen LogP contribution in [0.2, 0.25) is 0 Å². The van der Waals surface area contributed by atoms with Crippen molar-refractivity contribution in [2.75, 3.05) is 45.8 Å². The largest absolute Gasteiger partial charge is 0.303 e. The van der Waals surface area contributed by atoms with E-state index in [1.54, 1.807) is 0 Å². The first kappa shape index (κ1) is 55.7. The summed E-state index contributed by atoms with van der Waals surface area (Å²) < 4.78 is 0. The molecular formula is C49H101ClN4. The molecule has 0 amide bonds. The Morgan fingerprint density at radius 2 is 0.574 bits per heavy atom. The maximum absolute atomic E-state index is 7.48. The molecule has 0 aromatic heterocycles. The number of aliphatic imine (C=N–C) groups is 1. The van der Waals surface area contributed by atoms with E-state index in [1.165, 1.54) is 270 Å². The molecule has 0 aliphatic rings. The molecule has 0 saturated heterocycles. The van der Waals surface area contributed by atoms with Gasteiger partial charge in [-0.3, -0.25) is 0 Å². The van der Waals surface area contributed by atoms with Gasteiger partial charge in [0.25, 0.3) is 0 Å². The second-order valence-electron chi connectivity index (χ2n) is 17.2. The topological polar surface area (TPSA) is 42.7 Å². The summed E-state index contributed by atoms with van der Waals surface area (Å²) in [6.45, 7) is 17.7. The van der Waals surface area contributed by atoms with Crippen molar-refractivity contribution >= 4 is 18.4 Å². The van der Waals surface area contributed by atoms with E-state index in [4.69, 9.17) is 5.41 Å². The summed E-state index contributed by atoms with van der Waals surface area (Å²) >= 11 is 0. The van der Waals surface area contributed by atoms with Crippen LogP contribution in [-0.4, -0.2) is 61.6 Å². The molecule has 54 heavy (non-hydrogen) atoms. The maximum Gasteiger partial charge on any atom is 0.0862 e. The van der Waals surface area contributed by atoms with Crippen molar-refractivity contribution in [3.63, 3.8) is 0 Å². The Morgan fingerprint density at radius 1 is 0.352 bits per heavy atom. The van der Waals surface area contributed by atoms with E-state index in [0.717, 1.165) is 6.54 Å². The zero-order valence-corrected chi connectivity index (χ0v) is 38.5. The van der Waals surface area contributed by atoms with Gasteiger partial charge in [0.15, 0.2) is 0 Å². The van der Waals surface area contributed by atoms with Gasteiger partial charge < -0.3 is 9.80 Å². The fourth-order valence-corrected chi connectivity index (χ4v) is 8.26. The molecule has 0 aromatic carbocycles. The van der Waals surface area contributed by atoms with Gasteiger partial charge in [-0.1, -0.05) is 207 Å². The minimum absolute atomic E-state index is 0. The van der Waals surface area contributed by atoms with Gasteiger partial charge in [0.1, 0.15) is 0 Å². The third-order valence-corrected chi connectivity index (χ3v) is 11.9. The van der Waals surface area contributed by atoms with Crippen molar-refractivity contribution in [1.82, 2.24) is 9.80 Å². The normalized spacial score (nSPS) is 11.5. The van der Waals surface area contributed by atoms with Crippen LogP contribution in [-0.2, 0) is 0 Å². The molecule has 0 bridgehead atoms. The van der Waals surface area contributed by atoms with E-state index in [0.29, 0.717) is 5.92 Å². The average Bonchev–Trinajstić information content (AvgIpc) is 3.17. The van der Waals surface area contributed by atoms with Gasteiger partial charge in [-0.25, -0.2) is 10.4 Å². The van der Waals surface area contributed by atoms with Gasteiger partial charge >= 0.3 is 0 Å². The number of nitrogens with zero attached hydrogens (tertiary/aromatic N) is 3. The molecule has 0 heterocycles. The third kappa shape index (κ3) is 42.7. The van der Waals surface area contributed by atoms with Crippen molar-refractivity contribution < 1.29 is 0 Å². The Balaban J connectivity index is 0. The van der Waals surface area contributed by atoms with Crippen LogP contribution in [0.3, 0.4) is 0 Å². The van der Waals surface area contributed by atoms with Gasteiger partial charge in [0.05, 0.1) is 12.6 Å². The first-order valence-corrected chi connectivity index (χ1v) is 24.7. The second-order valence-corrected chi connectivity index (χ2v) is 17.2. The van der Waals surface area contributed by atoms with Crippen molar-refractivity contribution in [2.45, 2.75) is 259 Å². The summed E-state index contributed by atoms with van der Waals surface area (Å²) in [5.41, 5.74) is 0. The summed E-state index contributed by atoms with van der Waals surface area (Å²) in [6.07, 6.45) is 50.1. The molecule has 0 aromatic rings. The molecule has 0 radical (unpaired) electrons. The maximum atomic E-state index is 7.48. The molecule has 0 atom stereocenters. The summed E-state index contributed by atoms with van der Waals surface area (Å²) in [5, 5.41) is 7.48. The predicted octanol–water partition coefficient (Wildman–Crippen LogP) is 16.5. The van der Waals surface area contributed by atoms with E-state index in [-0.39, 0.29) is 12.4 Å².